The maximum absolute atomic E-state index is 11.5. The highest BCUT2D eigenvalue weighted by Crippen LogP contribution is 2.22. The van der Waals surface area contributed by atoms with Crippen molar-refractivity contribution in [1.29, 1.82) is 0 Å². The standard InChI is InChI=1S/C15H13ClN2O2S/c16-13-4-2-1-3-10(13)7-11(14(19)20)8-12-9-18-5-6-21-15(18)17-12/h1-6,9,11H,7-8H2,(H,19,20). The van der Waals surface area contributed by atoms with E-state index in [1.54, 1.807) is 6.07 Å². The Morgan fingerprint density at radius 1 is 1.38 bits per heavy atom. The summed E-state index contributed by atoms with van der Waals surface area (Å²) in [6.45, 7) is 0. The first-order valence-electron chi connectivity index (χ1n) is 6.51. The van der Waals surface area contributed by atoms with Crippen molar-refractivity contribution >= 4 is 33.9 Å². The summed E-state index contributed by atoms with van der Waals surface area (Å²) in [7, 11) is 0. The van der Waals surface area contributed by atoms with Gasteiger partial charge >= 0.3 is 5.97 Å². The van der Waals surface area contributed by atoms with E-state index in [0.717, 1.165) is 16.2 Å². The molecule has 6 heteroatoms. The van der Waals surface area contributed by atoms with Gasteiger partial charge in [-0.3, -0.25) is 9.20 Å². The second-order valence-corrected chi connectivity index (χ2v) is 6.14. The fourth-order valence-electron chi connectivity index (χ4n) is 2.30. The van der Waals surface area contributed by atoms with Crippen LogP contribution in [0.1, 0.15) is 11.3 Å². The number of benzene rings is 1. The number of thiazole rings is 1. The summed E-state index contributed by atoms with van der Waals surface area (Å²) in [6.07, 6.45) is 4.60. The lowest BCUT2D eigenvalue weighted by Crippen LogP contribution is -2.19. The maximum Gasteiger partial charge on any atom is 0.307 e. The van der Waals surface area contributed by atoms with Gasteiger partial charge in [-0.05, 0) is 18.1 Å². The van der Waals surface area contributed by atoms with Crippen LogP contribution in [0.15, 0.2) is 42.0 Å². The van der Waals surface area contributed by atoms with E-state index >= 15 is 0 Å². The number of hydrogen-bond acceptors (Lipinski definition) is 3. The SMILES string of the molecule is O=C(O)C(Cc1cn2ccsc2n1)Cc1ccccc1Cl. The predicted molar refractivity (Wildman–Crippen MR) is 83.1 cm³/mol. The van der Waals surface area contributed by atoms with Crippen molar-refractivity contribution in [2.45, 2.75) is 12.8 Å². The molecule has 2 aromatic heterocycles. The molecular weight excluding hydrogens is 308 g/mol. The molecule has 0 aliphatic heterocycles. The highest BCUT2D eigenvalue weighted by Gasteiger charge is 2.21. The Hall–Kier alpha value is -1.85. The molecule has 1 atom stereocenters. The second kappa shape index (κ2) is 5.87. The Balaban J connectivity index is 1.80. The minimum Gasteiger partial charge on any atom is -0.481 e. The molecule has 0 fully saturated rings. The molecule has 0 amide bonds. The number of hydrogen-bond donors (Lipinski definition) is 1. The lowest BCUT2D eigenvalue weighted by molar-refractivity contribution is -0.141. The highest BCUT2D eigenvalue weighted by atomic mass is 35.5. The molecule has 4 nitrogen and oxygen atoms in total. The molecule has 3 aromatic rings. The summed E-state index contributed by atoms with van der Waals surface area (Å²) in [6, 6.07) is 7.35. The molecule has 1 unspecified atom stereocenters. The Labute approximate surface area is 130 Å². The van der Waals surface area contributed by atoms with E-state index < -0.39 is 11.9 Å². The second-order valence-electron chi connectivity index (χ2n) is 4.86. The van der Waals surface area contributed by atoms with Gasteiger partial charge < -0.3 is 5.11 Å². The van der Waals surface area contributed by atoms with Gasteiger partial charge in [0, 0.05) is 29.2 Å². The third-order valence-electron chi connectivity index (χ3n) is 3.37. The molecule has 0 saturated heterocycles. The molecule has 0 aliphatic rings. The van der Waals surface area contributed by atoms with Gasteiger partial charge in [0.2, 0.25) is 0 Å². The zero-order chi connectivity index (χ0) is 14.8. The lowest BCUT2D eigenvalue weighted by atomic mass is 9.95. The fraction of sp³-hybridized carbons (Fsp3) is 0.200. The first kappa shape index (κ1) is 14.1. The molecule has 0 radical (unpaired) electrons. The van der Waals surface area contributed by atoms with Crippen molar-refractivity contribution in [2.24, 2.45) is 5.92 Å². The molecule has 3 rings (SSSR count). The third-order valence-corrected chi connectivity index (χ3v) is 4.51. The van der Waals surface area contributed by atoms with Gasteiger partial charge in [0.15, 0.2) is 4.96 Å². The molecule has 21 heavy (non-hydrogen) atoms. The van der Waals surface area contributed by atoms with Crippen LogP contribution in [0.25, 0.3) is 4.96 Å². The van der Waals surface area contributed by atoms with Gasteiger partial charge in [-0.1, -0.05) is 29.8 Å². The predicted octanol–water partition coefficient (Wildman–Crippen LogP) is 3.54. The first-order valence-corrected chi connectivity index (χ1v) is 7.76. The number of aromatic nitrogens is 2. The quantitative estimate of drug-likeness (QED) is 0.782. The van der Waals surface area contributed by atoms with E-state index in [1.165, 1.54) is 11.3 Å². The molecule has 0 aliphatic carbocycles. The molecular formula is C15H13ClN2O2S. The van der Waals surface area contributed by atoms with Crippen LogP contribution in [0.2, 0.25) is 5.02 Å². The topological polar surface area (TPSA) is 54.6 Å². The maximum atomic E-state index is 11.5. The fourth-order valence-corrected chi connectivity index (χ4v) is 3.23. The molecule has 1 N–H and O–H groups in total. The number of nitrogens with zero attached hydrogens (tertiary/aromatic N) is 2. The molecule has 0 saturated carbocycles. The number of imidazole rings is 1. The van der Waals surface area contributed by atoms with E-state index in [9.17, 15) is 9.90 Å². The van der Waals surface area contributed by atoms with Gasteiger partial charge in [0.25, 0.3) is 0 Å². The minimum atomic E-state index is -0.828. The highest BCUT2D eigenvalue weighted by molar-refractivity contribution is 7.15. The minimum absolute atomic E-state index is 0.398. The molecule has 1 aromatic carbocycles. The van der Waals surface area contributed by atoms with Crippen LogP contribution in [0.4, 0.5) is 0 Å². The van der Waals surface area contributed by atoms with E-state index in [2.05, 4.69) is 4.98 Å². The Morgan fingerprint density at radius 2 is 2.19 bits per heavy atom. The normalized spacial score (nSPS) is 12.6. The number of carboxylic acids is 1. The summed E-state index contributed by atoms with van der Waals surface area (Å²) >= 11 is 7.65. The summed E-state index contributed by atoms with van der Waals surface area (Å²) in [5.41, 5.74) is 1.65. The van der Waals surface area contributed by atoms with E-state index in [4.69, 9.17) is 11.6 Å². The monoisotopic (exact) mass is 320 g/mol. The Kier molecular flexibility index (Phi) is 3.94. The molecule has 0 spiro atoms. The number of carbonyl (C=O) groups is 1. The van der Waals surface area contributed by atoms with Gasteiger partial charge in [0.1, 0.15) is 0 Å². The molecule has 0 bridgehead atoms. The van der Waals surface area contributed by atoms with Crippen LogP contribution >= 0.6 is 22.9 Å². The molecule has 108 valence electrons. The van der Waals surface area contributed by atoms with E-state index in [-0.39, 0.29) is 0 Å². The average molecular weight is 321 g/mol. The lowest BCUT2D eigenvalue weighted by Gasteiger charge is -2.12. The zero-order valence-corrected chi connectivity index (χ0v) is 12.6. The van der Waals surface area contributed by atoms with Crippen LogP contribution in [-0.2, 0) is 17.6 Å². The van der Waals surface area contributed by atoms with Gasteiger partial charge in [-0.25, -0.2) is 4.98 Å². The summed E-state index contributed by atoms with van der Waals surface area (Å²) < 4.78 is 1.91. The van der Waals surface area contributed by atoms with E-state index in [0.29, 0.717) is 17.9 Å². The number of carboxylic acid groups (broad SMARTS) is 1. The van der Waals surface area contributed by atoms with Crippen molar-refractivity contribution in [1.82, 2.24) is 9.38 Å². The average Bonchev–Trinajstić information content (AvgIpc) is 3.01. The van der Waals surface area contributed by atoms with Crippen molar-refractivity contribution in [3.63, 3.8) is 0 Å². The van der Waals surface area contributed by atoms with Crippen LogP contribution in [0.3, 0.4) is 0 Å². The van der Waals surface area contributed by atoms with Gasteiger partial charge in [0.05, 0.1) is 11.6 Å². The van der Waals surface area contributed by atoms with Gasteiger partial charge in [-0.2, -0.15) is 0 Å². The van der Waals surface area contributed by atoms with Crippen molar-refractivity contribution in [3.05, 3.63) is 58.3 Å². The summed E-state index contributed by atoms with van der Waals surface area (Å²) in [5, 5.41) is 12.0. The summed E-state index contributed by atoms with van der Waals surface area (Å²) in [5.74, 6) is -1.36. The molecule has 2 heterocycles. The van der Waals surface area contributed by atoms with Gasteiger partial charge in [-0.15, -0.1) is 11.3 Å². The van der Waals surface area contributed by atoms with Crippen molar-refractivity contribution < 1.29 is 9.90 Å². The first-order chi connectivity index (χ1) is 10.1. The Morgan fingerprint density at radius 3 is 2.90 bits per heavy atom. The van der Waals surface area contributed by atoms with Crippen LogP contribution < -0.4 is 0 Å². The van der Waals surface area contributed by atoms with Crippen molar-refractivity contribution in [3.8, 4) is 0 Å². The summed E-state index contributed by atoms with van der Waals surface area (Å²) in [4.78, 5) is 16.8. The largest absolute Gasteiger partial charge is 0.481 e. The van der Waals surface area contributed by atoms with Crippen LogP contribution in [-0.4, -0.2) is 20.5 Å². The number of fused-ring (bicyclic) bond motifs is 1. The van der Waals surface area contributed by atoms with Crippen LogP contribution in [0, 0.1) is 5.92 Å². The van der Waals surface area contributed by atoms with Crippen LogP contribution in [0.5, 0.6) is 0 Å². The third kappa shape index (κ3) is 3.09. The number of aliphatic carboxylic acids is 1. The van der Waals surface area contributed by atoms with Crippen molar-refractivity contribution in [2.75, 3.05) is 0 Å². The smallest absolute Gasteiger partial charge is 0.307 e. The Bertz CT molecular complexity index is 752. The number of rotatable bonds is 5. The zero-order valence-electron chi connectivity index (χ0n) is 11.1. The number of halogens is 1. The van der Waals surface area contributed by atoms with E-state index in [1.807, 2.05) is 40.4 Å².